The van der Waals surface area contributed by atoms with Crippen molar-refractivity contribution in [2.75, 3.05) is 13.7 Å². The fourth-order valence-electron chi connectivity index (χ4n) is 4.75. The fraction of sp³-hybridized carbons (Fsp3) is 0.333. The van der Waals surface area contributed by atoms with Crippen LogP contribution in [0.15, 0.2) is 65.5 Å². The number of aromatic nitrogens is 2. The summed E-state index contributed by atoms with van der Waals surface area (Å²) in [5.41, 5.74) is 2.19. The van der Waals surface area contributed by atoms with Crippen LogP contribution in [0.1, 0.15) is 36.0 Å². The summed E-state index contributed by atoms with van der Waals surface area (Å²) in [5.74, 6) is -0.972. The molecule has 1 heterocycles. The molecule has 1 saturated carbocycles. The Labute approximate surface area is 198 Å². The molecule has 7 heteroatoms. The van der Waals surface area contributed by atoms with E-state index in [-0.39, 0.29) is 23.4 Å². The van der Waals surface area contributed by atoms with Gasteiger partial charge in [0.1, 0.15) is 5.56 Å². The van der Waals surface area contributed by atoms with Crippen LogP contribution >= 0.6 is 0 Å². The van der Waals surface area contributed by atoms with Crippen molar-refractivity contribution >= 4 is 11.9 Å². The van der Waals surface area contributed by atoms with Crippen molar-refractivity contribution in [1.82, 2.24) is 15.1 Å². The van der Waals surface area contributed by atoms with Gasteiger partial charge in [0.25, 0.3) is 11.5 Å². The lowest BCUT2D eigenvalue weighted by molar-refractivity contribution is -0.148. The second kappa shape index (κ2) is 10.5. The van der Waals surface area contributed by atoms with Crippen LogP contribution in [0.4, 0.5) is 0 Å². The summed E-state index contributed by atoms with van der Waals surface area (Å²) >= 11 is 0. The molecule has 0 radical (unpaired) electrons. The number of methoxy groups -OCH3 is 1. The molecule has 4 rings (SSSR count). The van der Waals surface area contributed by atoms with Gasteiger partial charge in [-0.1, -0.05) is 73.5 Å². The van der Waals surface area contributed by atoms with Crippen LogP contribution in [0.5, 0.6) is 0 Å². The number of nitrogens with one attached hydrogen (secondary N) is 1. The molecule has 2 aromatic carbocycles. The van der Waals surface area contributed by atoms with Crippen LogP contribution in [0.3, 0.4) is 0 Å². The number of benzene rings is 2. The largest absolute Gasteiger partial charge is 0.469 e. The van der Waals surface area contributed by atoms with Gasteiger partial charge in [0.05, 0.1) is 18.7 Å². The maximum atomic E-state index is 13.5. The molecule has 3 aromatic rings. The molecule has 0 saturated heterocycles. The van der Waals surface area contributed by atoms with Gasteiger partial charge in [-0.3, -0.25) is 14.4 Å². The number of carbonyl (C=O) groups is 2. The maximum Gasteiger partial charge on any atom is 0.309 e. The van der Waals surface area contributed by atoms with Gasteiger partial charge < -0.3 is 10.1 Å². The van der Waals surface area contributed by atoms with Crippen molar-refractivity contribution in [3.8, 4) is 22.4 Å². The van der Waals surface area contributed by atoms with Crippen LogP contribution in [0, 0.1) is 11.8 Å². The second-order valence-corrected chi connectivity index (χ2v) is 8.64. The number of rotatable bonds is 6. The van der Waals surface area contributed by atoms with E-state index in [1.807, 2.05) is 60.7 Å². The lowest BCUT2D eigenvalue weighted by atomic mass is 9.79. The third-order valence-corrected chi connectivity index (χ3v) is 6.52. The smallest absolute Gasteiger partial charge is 0.309 e. The van der Waals surface area contributed by atoms with Gasteiger partial charge in [0.2, 0.25) is 0 Å². The Balaban J connectivity index is 1.75. The Morgan fingerprint density at radius 2 is 1.62 bits per heavy atom. The summed E-state index contributed by atoms with van der Waals surface area (Å²) in [6.45, 7) is 0.305. The van der Waals surface area contributed by atoms with Gasteiger partial charge in [-0.15, -0.1) is 0 Å². The van der Waals surface area contributed by atoms with Crippen LogP contribution < -0.4 is 10.9 Å². The first kappa shape index (κ1) is 23.4. The molecular formula is C27H29N3O4. The molecule has 34 heavy (non-hydrogen) atoms. The molecule has 2 atom stereocenters. The number of nitrogens with zero attached hydrogens (tertiary/aromatic N) is 2. The average molecular weight is 460 g/mol. The highest BCUT2D eigenvalue weighted by atomic mass is 16.5. The number of hydrogen-bond donors (Lipinski definition) is 1. The van der Waals surface area contributed by atoms with Gasteiger partial charge in [-0.2, -0.15) is 5.10 Å². The molecule has 0 bridgehead atoms. The SMILES string of the molecule is COC(=O)C1CCCCC1CNC(=O)c1c(-c2ccccc2)c(-c2ccccc2)nn(C)c1=O. The number of aryl methyl sites for hydroxylation is 1. The average Bonchev–Trinajstić information content (AvgIpc) is 2.89. The lowest BCUT2D eigenvalue weighted by Crippen LogP contribution is -2.40. The molecule has 2 unspecified atom stereocenters. The summed E-state index contributed by atoms with van der Waals surface area (Å²) in [7, 11) is 2.94. The zero-order chi connectivity index (χ0) is 24.1. The van der Waals surface area contributed by atoms with Crippen molar-refractivity contribution in [3.63, 3.8) is 0 Å². The molecule has 1 amide bonds. The Hall–Kier alpha value is -3.74. The number of hydrogen-bond acceptors (Lipinski definition) is 5. The summed E-state index contributed by atoms with van der Waals surface area (Å²) in [5, 5.41) is 7.47. The quantitative estimate of drug-likeness (QED) is 0.566. The van der Waals surface area contributed by atoms with E-state index in [4.69, 9.17) is 4.74 Å². The molecule has 176 valence electrons. The first-order valence-electron chi connectivity index (χ1n) is 11.6. The first-order chi connectivity index (χ1) is 16.5. The Morgan fingerprint density at radius 3 is 2.26 bits per heavy atom. The summed E-state index contributed by atoms with van der Waals surface area (Å²) in [4.78, 5) is 39.0. The topological polar surface area (TPSA) is 90.3 Å². The molecule has 1 aliphatic rings. The molecule has 1 aromatic heterocycles. The zero-order valence-corrected chi connectivity index (χ0v) is 19.5. The number of ether oxygens (including phenoxy) is 1. The number of carbonyl (C=O) groups excluding carboxylic acids is 2. The van der Waals surface area contributed by atoms with Crippen molar-refractivity contribution < 1.29 is 14.3 Å². The van der Waals surface area contributed by atoms with Crippen molar-refractivity contribution in [2.45, 2.75) is 25.7 Å². The standard InChI is InChI=1S/C27H29N3O4/c1-30-26(32)23(25(31)28-17-20-15-9-10-16-21(20)27(33)34-2)22(18-11-5-3-6-12-18)24(29-30)19-13-7-4-8-14-19/h3-8,11-14,20-21H,9-10,15-17H2,1-2H3,(H,28,31). The number of amides is 1. The normalized spacial score (nSPS) is 17.7. The van der Waals surface area contributed by atoms with Gasteiger partial charge >= 0.3 is 5.97 Å². The highest BCUT2D eigenvalue weighted by Gasteiger charge is 2.32. The molecule has 1 N–H and O–H groups in total. The molecule has 0 aliphatic heterocycles. The van der Waals surface area contributed by atoms with E-state index < -0.39 is 11.5 Å². The van der Waals surface area contributed by atoms with E-state index >= 15 is 0 Å². The van der Waals surface area contributed by atoms with Crippen LogP contribution in [-0.2, 0) is 16.6 Å². The van der Waals surface area contributed by atoms with Gasteiger partial charge in [-0.05, 0) is 24.3 Å². The fourth-order valence-corrected chi connectivity index (χ4v) is 4.75. The van der Waals surface area contributed by atoms with Crippen LogP contribution in [0.25, 0.3) is 22.4 Å². The van der Waals surface area contributed by atoms with E-state index in [1.165, 1.54) is 11.8 Å². The predicted octanol–water partition coefficient (Wildman–Crippen LogP) is 3.82. The van der Waals surface area contributed by atoms with E-state index in [0.29, 0.717) is 17.8 Å². The molecule has 1 fully saturated rings. The second-order valence-electron chi connectivity index (χ2n) is 8.64. The van der Waals surface area contributed by atoms with E-state index in [9.17, 15) is 14.4 Å². The Bertz CT molecular complexity index is 1220. The zero-order valence-electron chi connectivity index (χ0n) is 19.5. The van der Waals surface area contributed by atoms with Crippen molar-refractivity contribution in [2.24, 2.45) is 18.9 Å². The molecule has 0 spiro atoms. The van der Waals surface area contributed by atoms with Crippen LogP contribution in [-0.4, -0.2) is 35.3 Å². The molecule has 1 aliphatic carbocycles. The Morgan fingerprint density at radius 1 is 1.00 bits per heavy atom. The van der Waals surface area contributed by atoms with E-state index in [0.717, 1.165) is 36.8 Å². The minimum atomic E-state index is -0.468. The minimum absolute atomic E-state index is 0.0235. The molecule has 7 nitrogen and oxygen atoms in total. The maximum absolute atomic E-state index is 13.5. The third kappa shape index (κ3) is 4.78. The highest BCUT2D eigenvalue weighted by Crippen LogP contribution is 2.33. The van der Waals surface area contributed by atoms with Crippen molar-refractivity contribution in [1.29, 1.82) is 0 Å². The van der Waals surface area contributed by atoms with Gasteiger partial charge in [0, 0.05) is 24.7 Å². The van der Waals surface area contributed by atoms with Gasteiger partial charge in [-0.25, -0.2) is 4.68 Å². The monoisotopic (exact) mass is 459 g/mol. The minimum Gasteiger partial charge on any atom is -0.469 e. The number of esters is 1. The first-order valence-corrected chi connectivity index (χ1v) is 11.6. The Kier molecular flexibility index (Phi) is 7.21. The summed E-state index contributed by atoms with van der Waals surface area (Å²) in [6.07, 6.45) is 3.54. The highest BCUT2D eigenvalue weighted by molar-refractivity contribution is 6.03. The van der Waals surface area contributed by atoms with Crippen LogP contribution in [0.2, 0.25) is 0 Å². The summed E-state index contributed by atoms with van der Waals surface area (Å²) < 4.78 is 6.18. The summed E-state index contributed by atoms with van der Waals surface area (Å²) in [6, 6.07) is 18.9. The third-order valence-electron chi connectivity index (χ3n) is 6.52. The van der Waals surface area contributed by atoms with E-state index in [1.54, 1.807) is 7.05 Å². The lowest BCUT2D eigenvalue weighted by Gasteiger charge is -2.29. The van der Waals surface area contributed by atoms with Gasteiger partial charge in [0.15, 0.2) is 0 Å². The van der Waals surface area contributed by atoms with Crippen molar-refractivity contribution in [3.05, 3.63) is 76.6 Å². The molecular weight excluding hydrogens is 430 g/mol. The predicted molar refractivity (Wildman–Crippen MR) is 130 cm³/mol. The van der Waals surface area contributed by atoms with E-state index in [2.05, 4.69) is 10.4 Å².